The maximum absolute atomic E-state index is 12.6. The van der Waals surface area contributed by atoms with Gasteiger partial charge in [0.2, 0.25) is 0 Å². The van der Waals surface area contributed by atoms with Crippen molar-refractivity contribution in [3.8, 4) is 11.5 Å². The number of hydrogen-bond donors (Lipinski definition) is 2. The van der Waals surface area contributed by atoms with E-state index >= 15 is 0 Å². The van der Waals surface area contributed by atoms with Gasteiger partial charge in [0.25, 0.3) is 5.91 Å². The van der Waals surface area contributed by atoms with Crippen LogP contribution < -0.4 is 20.1 Å². The maximum Gasteiger partial charge on any atom is 0.270 e. The number of nitrogens with zero attached hydrogens (tertiary/aromatic N) is 1. The van der Waals surface area contributed by atoms with Crippen LogP contribution in [0.5, 0.6) is 11.5 Å². The van der Waals surface area contributed by atoms with Gasteiger partial charge in [-0.25, -0.2) is 0 Å². The zero-order chi connectivity index (χ0) is 19.8. The van der Waals surface area contributed by atoms with Crippen molar-refractivity contribution >= 4 is 11.6 Å². The lowest BCUT2D eigenvalue weighted by Crippen LogP contribution is -2.34. The number of rotatable bonds is 7. The summed E-state index contributed by atoms with van der Waals surface area (Å²) in [6, 6.07) is 9.73. The highest BCUT2D eigenvalue weighted by Gasteiger charge is 2.16. The van der Waals surface area contributed by atoms with E-state index in [1.54, 1.807) is 26.5 Å². The Kier molecular flexibility index (Phi) is 7.12. The molecule has 0 radical (unpaired) electrons. The first-order valence-electron chi connectivity index (χ1n) is 9.91. The zero-order valence-electron chi connectivity index (χ0n) is 16.7. The van der Waals surface area contributed by atoms with Crippen molar-refractivity contribution in [1.82, 2.24) is 10.3 Å². The Hall–Kier alpha value is -2.76. The highest BCUT2D eigenvalue weighted by molar-refractivity contribution is 5.93. The first-order chi connectivity index (χ1) is 13.7. The Bertz CT molecular complexity index is 786. The van der Waals surface area contributed by atoms with Crippen molar-refractivity contribution in [2.75, 3.05) is 19.5 Å². The van der Waals surface area contributed by atoms with Gasteiger partial charge in [-0.3, -0.25) is 9.78 Å². The molecule has 2 N–H and O–H groups in total. The van der Waals surface area contributed by atoms with Gasteiger partial charge in [-0.15, -0.1) is 0 Å². The van der Waals surface area contributed by atoms with E-state index in [4.69, 9.17) is 9.47 Å². The summed E-state index contributed by atoms with van der Waals surface area (Å²) in [5, 5.41) is 6.49. The number of anilines is 1. The highest BCUT2D eigenvalue weighted by atomic mass is 16.5. The smallest absolute Gasteiger partial charge is 0.270 e. The molecule has 1 aromatic carbocycles. The molecule has 0 unspecified atom stereocenters. The summed E-state index contributed by atoms with van der Waals surface area (Å²) >= 11 is 0. The lowest BCUT2D eigenvalue weighted by atomic mass is 10.1. The lowest BCUT2D eigenvalue weighted by molar-refractivity contribution is 0.0928. The van der Waals surface area contributed by atoms with Crippen LogP contribution in [0.1, 0.15) is 54.6 Å². The van der Waals surface area contributed by atoms with Crippen molar-refractivity contribution in [1.29, 1.82) is 0 Å². The summed E-state index contributed by atoms with van der Waals surface area (Å²) in [6.07, 6.45) is 8.68. The first kappa shape index (κ1) is 20.0. The molecule has 1 aliphatic rings. The van der Waals surface area contributed by atoms with Crippen LogP contribution in [0.15, 0.2) is 36.5 Å². The second-order valence-corrected chi connectivity index (χ2v) is 7.13. The molecule has 1 heterocycles. The van der Waals surface area contributed by atoms with E-state index in [0.717, 1.165) is 24.1 Å². The minimum absolute atomic E-state index is 0.0957. The maximum atomic E-state index is 12.6. The van der Waals surface area contributed by atoms with E-state index in [1.165, 1.54) is 25.7 Å². The predicted molar refractivity (Wildman–Crippen MR) is 110 cm³/mol. The van der Waals surface area contributed by atoms with E-state index in [-0.39, 0.29) is 11.9 Å². The van der Waals surface area contributed by atoms with Gasteiger partial charge in [0.15, 0.2) is 11.5 Å². The molecule has 1 aliphatic carbocycles. The Morgan fingerprint density at radius 1 is 1.04 bits per heavy atom. The van der Waals surface area contributed by atoms with Crippen molar-refractivity contribution < 1.29 is 14.3 Å². The number of methoxy groups -OCH3 is 2. The van der Waals surface area contributed by atoms with E-state index in [9.17, 15) is 4.79 Å². The lowest BCUT2D eigenvalue weighted by Gasteiger charge is -2.16. The number of pyridine rings is 1. The molecule has 2 aromatic rings. The minimum Gasteiger partial charge on any atom is -0.493 e. The number of aromatic nitrogens is 1. The average Bonchev–Trinajstić information content (AvgIpc) is 3.00. The number of hydrogen-bond acceptors (Lipinski definition) is 5. The Morgan fingerprint density at radius 3 is 2.50 bits per heavy atom. The summed E-state index contributed by atoms with van der Waals surface area (Å²) in [7, 11) is 3.24. The third kappa shape index (κ3) is 5.38. The molecular weight excluding hydrogens is 354 g/mol. The van der Waals surface area contributed by atoms with E-state index in [0.29, 0.717) is 23.7 Å². The van der Waals surface area contributed by atoms with Gasteiger partial charge >= 0.3 is 0 Å². The minimum atomic E-state index is -0.0957. The SMILES string of the molecule is COc1ccc(CNc2ccnc(C(=O)NC3CCCCCC3)c2)cc1OC. The van der Waals surface area contributed by atoms with E-state index in [1.807, 2.05) is 24.3 Å². The molecule has 0 aliphatic heterocycles. The van der Waals surface area contributed by atoms with Gasteiger partial charge in [0.05, 0.1) is 14.2 Å². The molecule has 6 nitrogen and oxygen atoms in total. The van der Waals surface area contributed by atoms with E-state index < -0.39 is 0 Å². The summed E-state index contributed by atoms with van der Waals surface area (Å²) in [5.74, 6) is 1.30. The average molecular weight is 383 g/mol. The van der Waals surface area contributed by atoms with Crippen molar-refractivity contribution in [2.24, 2.45) is 0 Å². The standard InChI is InChI=1S/C22H29N3O3/c1-27-20-10-9-16(13-21(20)28-2)15-24-18-11-12-23-19(14-18)22(26)25-17-7-5-3-4-6-8-17/h9-14,17H,3-8,15H2,1-2H3,(H,23,24)(H,25,26). The van der Waals surface area contributed by atoms with Gasteiger partial charge in [-0.2, -0.15) is 0 Å². The second kappa shape index (κ2) is 9.97. The monoisotopic (exact) mass is 383 g/mol. The number of carbonyl (C=O) groups is 1. The molecule has 0 spiro atoms. The van der Waals surface area contributed by atoms with Gasteiger partial charge in [0.1, 0.15) is 5.69 Å². The third-order valence-electron chi connectivity index (χ3n) is 5.13. The molecule has 1 fully saturated rings. The van der Waals surface area contributed by atoms with Crippen LogP contribution in [-0.4, -0.2) is 31.2 Å². The number of nitrogens with one attached hydrogen (secondary N) is 2. The number of ether oxygens (including phenoxy) is 2. The fraction of sp³-hybridized carbons (Fsp3) is 0.455. The molecule has 1 amide bonds. The van der Waals surface area contributed by atoms with E-state index in [2.05, 4.69) is 15.6 Å². The fourth-order valence-electron chi connectivity index (χ4n) is 3.54. The summed E-state index contributed by atoms with van der Waals surface area (Å²) < 4.78 is 10.6. The van der Waals surface area contributed by atoms with Crippen LogP contribution in [-0.2, 0) is 6.54 Å². The van der Waals surface area contributed by atoms with Gasteiger partial charge in [0, 0.05) is 24.5 Å². The van der Waals surface area contributed by atoms with Crippen molar-refractivity contribution in [3.05, 3.63) is 47.8 Å². The third-order valence-corrected chi connectivity index (χ3v) is 5.13. The molecule has 28 heavy (non-hydrogen) atoms. The quantitative estimate of drug-likeness (QED) is 0.702. The molecule has 0 saturated heterocycles. The van der Waals surface area contributed by atoms with Crippen molar-refractivity contribution in [3.63, 3.8) is 0 Å². The van der Waals surface area contributed by atoms with Gasteiger partial charge in [-0.05, 0) is 42.7 Å². The molecule has 150 valence electrons. The highest BCUT2D eigenvalue weighted by Crippen LogP contribution is 2.27. The molecule has 3 rings (SSSR count). The van der Waals surface area contributed by atoms with Crippen LogP contribution in [0.3, 0.4) is 0 Å². The predicted octanol–water partition coefficient (Wildman–Crippen LogP) is 4.16. The topological polar surface area (TPSA) is 72.5 Å². The number of amides is 1. The Morgan fingerprint density at radius 2 is 1.79 bits per heavy atom. The first-order valence-corrected chi connectivity index (χ1v) is 9.91. The summed E-state index contributed by atoms with van der Waals surface area (Å²) in [6.45, 7) is 0.605. The van der Waals surface area contributed by atoms with Crippen LogP contribution in [0.25, 0.3) is 0 Å². The molecule has 1 aromatic heterocycles. The summed E-state index contributed by atoms with van der Waals surface area (Å²) in [4.78, 5) is 16.8. The Labute approximate surface area is 166 Å². The number of carbonyl (C=O) groups excluding carboxylic acids is 1. The zero-order valence-corrected chi connectivity index (χ0v) is 16.7. The largest absolute Gasteiger partial charge is 0.493 e. The number of benzene rings is 1. The van der Waals surface area contributed by atoms with Gasteiger partial charge < -0.3 is 20.1 Å². The normalized spacial score (nSPS) is 14.8. The summed E-state index contributed by atoms with van der Waals surface area (Å²) in [5.41, 5.74) is 2.36. The van der Waals surface area contributed by atoms with Gasteiger partial charge in [-0.1, -0.05) is 31.7 Å². The fourth-order valence-corrected chi connectivity index (χ4v) is 3.54. The van der Waals surface area contributed by atoms with Crippen LogP contribution in [0.4, 0.5) is 5.69 Å². The van der Waals surface area contributed by atoms with Crippen LogP contribution in [0, 0.1) is 0 Å². The molecular formula is C22H29N3O3. The Balaban J connectivity index is 1.60. The molecule has 1 saturated carbocycles. The second-order valence-electron chi connectivity index (χ2n) is 7.13. The molecule has 0 atom stereocenters. The van der Waals surface area contributed by atoms with Crippen LogP contribution >= 0.6 is 0 Å². The molecule has 0 bridgehead atoms. The molecule has 6 heteroatoms. The van der Waals surface area contributed by atoms with Crippen molar-refractivity contribution in [2.45, 2.75) is 51.1 Å². The van der Waals surface area contributed by atoms with Crippen LogP contribution in [0.2, 0.25) is 0 Å².